The Labute approximate surface area is 99.5 Å². The molecule has 4 nitrogen and oxygen atoms in total. The van der Waals surface area contributed by atoms with Crippen LogP contribution in [0.4, 0.5) is 5.82 Å². The van der Waals surface area contributed by atoms with E-state index in [1.165, 1.54) is 0 Å². The highest BCUT2D eigenvalue weighted by Crippen LogP contribution is 2.15. The van der Waals surface area contributed by atoms with Crippen LogP contribution in [-0.2, 0) is 0 Å². The number of carbonyl (C=O) groups is 1. The molecule has 17 heavy (non-hydrogen) atoms. The second-order valence-corrected chi connectivity index (χ2v) is 3.90. The molecule has 2 aromatic rings. The predicted molar refractivity (Wildman–Crippen MR) is 65.8 cm³/mol. The van der Waals surface area contributed by atoms with Crippen LogP contribution in [0.25, 0.3) is 0 Å². The molecule has 0 saturated heterocycles. The Morgan fingerprint density at radius 2 is 1.88 bits per heavy atom. The van der Waals surface area contributed by atoms with Crippen LogP contribution in [-0.4, -0.2) is 15.8 Å². The normalized spacial score (nSPS) is 10.2. The Morgan fingerprint density at radius 3 is 2.47 bits per heavy atom. The fraction of sp³-hybridized carbons (Fsp3) is 0.154. The quantitative estimate of drug-likeness (QED) is 0.795. The Hall–Kier alpha value is -2.23. The van der Waals surface area contributed by atoms with Gasteiger partial charge in [-0.3, -0.25) is 9.78 Å². The highest BCUT2D eigenvalue weighted by molar-refractivity contribution is 6.11. The van der Waals surface area contributed by atoms with E-state index in [2.05, 4.69) is 9.97 Å². The standard InChI is InChI=1S/C13H13N3O/c1-8-6-10(7-9(2)16-8)12(17)11-4-3-5-15-13(11)14/h3-7H,1-2H3,(H2,14,15). The van der Waals surface area contributed by atoms with Gasteiger partial charge in [-0.2, -0.15) is 0 Å². The smallest absolute Gasteiger partial charge is 0.196 e. The minimum Gasteiger partial charge on any atom is -0.383 e. The van der Waals surface area contributed by atoms with Gasteiger partial charge in [0.25, 0.3) is 0 Å². The zero-order valence-corrected chi connectivity index (χ0v) is 9.77. The van der Waals surface area contributed by atoms with E-state index in [1.54, 1.807) is 30.5 Å². The zero-order chi connectivity index (χ0) is 12.4. The fourth-order valence-corrected chi connectivity index (χ4v) is 1.73. The molecular weight excluding hydrogens is 214 g/mol. The molecule has 0 unspecified atom stereocenters. The lowest BCUT2D eigenvalue weighted by molar-refractivity contribution is 0.103. The molecular formula is C13H13N3O. The molecule has 0 radical (unpaired) electrons. The average Bonchev–Trinajstić information content (AvgIpc) is 2.27. The number of aromatic nitrogens is 2. The van der Waals surface area contributed by atoms with Gasteiger partial charge in [0.05, 0.1) is 5.56 Å². The lowest BCUT2D eigenvalue weighted by Gasteiger charge is -2.05. The van der Waals surface area contributed by atoms with Gasteiger partial charge in [0.1, 0.15) is 5.82 Å². The predicted octanol–water partition coefficient (Wildman–Crippen LogP) is 1.91. The summed E-state index contributed by atoms with van der Waals surface area (Å²) in [4.78, 5) is 20.4. The van der Waals surface area contributed by atoms with Crippen molar-refractivity contribution in [2.75, 3.05) is 5.73 Å². The first-order chi connectivity index (χ1) is 8.08. The van der Waals surface area contributed by atoms with Crippen molar-refractivity contribution in [1.29, 1.82) is 0 Å². The molecule has 2 N–H and O–H groups in total. The monoisotopic (exact) mass is 227 g/mol. The van der Waals surface area contributed by atoms with E-state index < -0.39 is 0 Å². The van der Waals surface area contributed by atoms with Gasteiger partial charge in [-0.05, 0) is 38.1 Å². The highest BCUT2D eigenvalue weighted by Gasteiger charge is 2.13. The first-order valence-electron chi connectivity index (χ1n) is 5.28. The van der Waals surface area contributed by atoms with E-state index in [0.29, 0.717) is 11.1 Å². The van der Waals surface area contributed by atoms with Crippen LogP contribution in [0, 0.1) is 13.8 Å². The van der Waals surface area contributed by atoms with Crippen LogP contribution in [0.1, 0.15) is 27.3 Å². The Bertz CT molecular complexity index is 558. The molecule has 0 spiro atoms. The van der Waals surface area contributed by atoms with E-state index >= 15 is 0 Å². The molecule has 2 aromatic heterocycles. The number of nitrogen functional groups attached to an aromatic ring is 1. The van der Waals surface area contributed by atoms with Gasteiger partial charge in [-0.1, -0.05) is 0 Å². The molecule has 0 aliphatic carbocycles. The summed E-state index contributed by atoms with van der Waals surface area (Å²) in [6.45, 7) is 3.72. The summed E-state index contributed by atoms with van der Waals surface area (Å²) in [6, 6.07) is 6.88. The molecule has 86 valence electrons. The number of pyridine rings is 2. The van der Waals surface area contributed by atoms with E-state index in [9.17, 15) is 4.79 Å². The topological polar surface area (TPSA) is 68.9 Å². The first kappa shape index (κ1) is 11.3. The summed E-state index contributed by atoms with van der Waals surface area (Å²) in [5.41, 5.74) is 8.34. The Morgan fingerprint density at radius 1 is 1.24 bits per heavy atom. The van der Waals surface area contributed by atoms with Gasteiger partial charge in [-0.25, -0.2) is 4.98 Å². The zero-order valence-electron chi connectivity index (χ0n) is 9.77. The van der Waals surface area contributed by atoms with Crippen molar-refractivity contribution >= 4 is 11.6 Å². The molecule has 0 amide bonds. The number of rotatable bonds is 2. The van der Waals surface area contributed by atoms with Gasteiger partial charge in [0, 0.05) is 23.1 Å². The number of nitrogens with two attached hydrogens (primary N) is 1. The molecule has 0 atom stereocenters. The summed E-state index contributed by atoms with van der Waals surface area (Å²) in [5.74, 6) is 0.133. The maximum Gasteiger partial charge on any atom is 0.196 e. The van der Waals surface area contributed by atoms with Gasteiger partial charge >= 0.3 is 0 Å². The number of hydrogen-bond acceptors (Lipinski definition) is 4. The molecule has 2 heterocycles. The number of ketones is 1. The Balaban J connectivity index is 2.48. The Kier molecular flexibility index (Phi) is 2.87. The maximum atomic E-state index is 12.2. The van der Waals surface area contributed by atoms with Crippen LogP contribution in [0.3, 0.4) is 0 Å². The van der Waals surface area contributed by atoms with Crippen molar-refractivity contribution in [3.8, 4) is 0 Å². The second kappa shape index (κ2) is 4.33. The van der Waals surface area contributed by atoms with Crippen LogP contribution in [0.2, 0.25) is 0 Å². The van der Waals surface area contributed by atoms with Crippen molar-refractivity contribution in [3.05, 3.63) is 53.0 Å². The number of aryl methyl sites for hydroxylation is 2. The minimum atomic E-state index is -0.121. The molecule has 4 heteroatoms. The van der Waals surface area contributed by atoms with E-state index in [4.69, 9.17) is 5.73 Å². The van der Waals surface area contributed by atoms with Crippen molar-refractivity contribution in [2.24, 2.45) is 0 Å². The van der Waals surface area contributed by atoms with Crippen molar-refractivity contribution in [1.82, 2.24) is 9.97 Å². The molecule has 0 aliphatic rings. The fourth-order valence-electron chi connectivity index (χ4n) is 1.73. The van der Waals surface area contributed by atoms with Crippen LogP contribution < -0.4 is 5.73 Å². The third-order valence-corrected chi connectivity index (χ3v) is 2.43. The minimum absolute atomic E-state index is 0.121. The number of carbonyl (C=O) groups excluding carboxylic acids is 1. The summed E-state index contributed by atoms with van der Waals surface area (Å²) >= 11 is 0. The van der Waals surface area contributed by atoms with Gasteiger partial charge in [-0.15, -0.1) is 0 Å². The third-order valence-electron chi connectivity index (χ3n) is 2.43. The SMILES string of the molecule is Cc1cc(C(=O)c2cccnc2N)cc(C)n1. The first-order valence-corrected chi connectivity index (χ1v) is 5.28. The summed E-state index contributed by atoms with van der Waals surface area (Å²) in [5, 5.41) is 0. The van der Waals surface area contributed by atoms with Gasteiger partial charge in [0.2, 0.25) is 0 Å². The lowest BCUT2D eigenvalue weighted by atomic mass is 10.0. The lowest BCUT2D eigenvalue weighted by Crippen LogP contribution is -2.07. The van der Waals surface area contributed by atoms with Crippen molar-refractivity contribution < 1.29 is 4.79 Å². The van der Waals surface area contributed by atoms with E-state index in [-0.39, 0.29) is 11.6 Å². The van der Waals surface area contributed by atoms with E-state index in [0.717, 1.165) is 11.4 Å². The van der Waals surface area contributed by atoms with Crippen molar-refractivity contribution in [2.45, 2.75) is 13.8 Å². The second-order valence-electron chi connectivity index (χ2n) is 3.90. The average molecular weight is 227 g/mol. The maximum absolute atomic E-state index is 12.2. The molecule has 2 rings (SSSR count). The molecule has 0 bridgehead atoms. The number of nitrogens with zero attached hydrogens (tertiary/aromatic N) is 2. The summed E-state index contributed by atoms with van der Waals surface area (Å²) in [6.07, 6.45) is 1.56. The van der Waals surface area contributed by atoms with Crippen LogP contribution in [0.5, 0.6) is 0 Å². The van der Waals surface area contributed by atoms with Gasteiger partial charge in [0.15, 0.2) is 5.78 Å². The highest BCUT2D eigenvalue weighted by atomic mass is 16.1. The van der Waals surface area contributed by atoms with Crippen molar-refractivity contribution in [3.63, 3.8) is 0 Å². The molecule has 0 saturated carbocycles. The third kappa shape index (κ3) is 2.30. The number of anilines is 1. The summed E-state index contributed by atoms with van der Waals surface area (Å²) < 4.78 is 0. The molecule has 0 aliphatic heterocycles. The van der Waals surface area contributed by atoms with Gasteiger partial charge < -0.3 is 5.73 Å². The molecule has 0 fully saturated rings. The van der Waals surface area contributed by atoms with E-state index in [1.807, 2.05) is 13.8 Å². The van der Waals surface area contributed by atoms with Crippen LogP contribution >= 0.6 is 0 Å². The molecule has 0 aromatic carbocycles. The largest absolute Gasteiger partial charge is 0.383 e. The summed E-state index contributed by atoms with van der Waals surface area (Å²) in [7, 11) is 0. The number of hydrogen-bond donors (Lipinski definition) is 1. The van der Waals surface area contributed by atoms with Crippen LogP contribution in [0.15, 0.2) is 30.5 Å².